The molecule has 2 N–H and O–H groups in total. The molecule has 7 heteroatoms. The molecule has 2 aromatic carbocycles. The molecule has 7 nitrogen and oxygen atoms in total. The molecule has 0 bridgehead atoms. The number of hydrogen-bond acceptors (Lipinski definition) is 5. The summed E-state index contributed by atoms with van der Waals surface area (Å²) in [4.78, 5) is 28.8. The van der Waals surface area contributed by atoms with Gasteiger partial charge in [0.25, 0.3) is 5.91 Å². The molecule has 3 aromatic rings. The third-order valence-corrected chi connectivity index (χ3v) is 4.45. The average Bonchev–Trinajstić information content (AvgIpc) is 3.23. The number of nitrogens with zero attached hydrogens (tertiary/aromatic N) is 2. The van der Waals surface area contributed by atoms with E-state index in [9.17, 15) is 14.7 Å². The predicted octanol–water partition coefficient (Wildman–Crippen LogP) is 3.31. The molecule has 0 fully saturated rings. The molecule has 2 heterocycles. The summed E-state index contributed by atoms with van der Waals surface area (Å²) in [5, 5.41) is 12.9. The van der Waals surface area contributed by atoms with Crippen molar-refractivity contribution in [1.82, 2.24) is 9.55 Å². The van der Waals surface area contributed by atoms with Crippen molar-refractivity contribution in [2.24, 2.45) is 0 Å². The number of rotatable bonds is 4. The van der Waals surface area contributed by atoms with Gasteiger partial charge < -0.3 is 19.7 Å². The number of aromatic nitrogens is 2. The minimum Gasteiger partial charge on any atom is -0.511 e. The molecular formula is C21H17N3O4. The van der Waals surface area contributed by atoms with E-state index in [-0.39, 0.29) is 17.8 Å². The number of benzene rings is 2. The van der Waals surface area contributed by atoms with Gasteiger partial charge in [-0.1, -0.05) is 30.3 Å². The highest BCUT2D eigenvalue weighted by Crippen LogP contribution is 2.31. The number of aliphatic hydroxyl groups excluding tert-OH is 1. The van der Waals surface area contributed by atoms with E-state index in [1.165, 1.54) is 0 Å². The maximum atomic E-state index is 12.5. The molecule has 0 saturated heterocycles. The SMILES string of the molecule is O=C(Nc1ccc(-n2ccnc2)cc1)C1=C(O)CC(c2ccccc2)OC1=O. The van der Waals surface area contributed by atoms with Crippen LogP contribution in [0.5, 0.6) is 0 Å². The van der Waals surface area contributed by atoms with Gasteiger partial charge in [0, 0.05) is 30.2 Å². The second-order valence-corrected chi connectivity index (χ2v) is 6.30. The predicted molar refractivity (Wildman–Crippen MR) is 102 cm³/mol. The van der Waals surface area contributed by atoms with Gasteiger partial charge in [0.15, 0.2) is 5.57 Å². The first-order valence-electron chi connectivity index (χ1n) is 8.69. The monoisotopic (exact) mass is 375 g/mol. The van der Waals surface area contributed by atoms with Gasteiger partial charge in [0.2, 0.25) is 0 Å². The number of hydrogen-bond donors (Lipinski definition) is 2. The molecule has 1 aliphatic heterocycles. The fraction of sp³-hybridized carbons (Fsp3) is 0.0952. The van der Waals surface area contributed by atoms with Crippen molar-refractivity contribution in [3.05, 3.63) is 90.2 Å². The van der Waals surface area contributed by atoms with Crippen LogP contribution in [0.2, 0.25) is 0 Å². The highest BCUT2D eigenvalue weighted by molar-refractivity contribution is 6.21. The molecule has 140 valence electrons. The Kier molecular flexibility index (Phi) is 4.63. The molecule has 1 aliphatic rings. The van der Waals surface area contributed by atoms with Gasteiger partial charge in [-0.15, -0.1) is 0 Å². The lowest BCUT2D eigenvalue weighted by atomic mass is 10.00. The van der Waals surface area contributed by atoms with Gasteiger partial charge in [-0.3, -0.25) is 4.79 Å². The molecule has 1 unspecified atom stereocenters. The molecule has 4 rings (SSSR count). The lowest BCUT2D eigenvalue weighted by molar-refractivity contribution is -0.148. The largest absolute Gasteiger partial charge is 0.511 e. The zero-order valence-electron chi connectivity index (χ0n) is 14.8. The molecule has 0 radical (unpaired) electrons. The summed E-state index contributed by atoms with van der Waals surface area (Å²) in [6.07, 6.45) is 4.58. The van der Waals surface area contributed by atoms with E-state index in [1.807, 2.05) is 22.8 Å². The van der Waals surface area contributed by atoms with Gasteiger partial charge in [-0.2, -0.15) is 0 Å². The van der Waals surface area contributed by atoms with Gasteiger partial charge in [0.05, 0.1) is 6.33 Å². The van der Waals surface area contributed by atoms with Crippen LogP contribution in [0.1, 0.15) is 18.1 Å². The number of ether oxygens (including phenoxy) is 1. The smallest absolute Gasteiger partial charge is 0.347 e. The summed E-state index contributed by atoms with van der Waals surface area (Å²) < 4.78 is 7.18. The van der Waals surface area contributed by atoms with E-state index in [2.05, 4.69) is 10.3 Å². The van der Waals surface area contributed by atoms with E-state index in [0.717, 1.165) is 11.3 Å². The molecule has 0 spiro atoms. The molecule has 0 aliphatic carbocycles. The van der Waals surface area contributed by atoms with Crippen molar-refractivity contribution in [2.45, 2.75) is 12.5 Å². The minimum absolute atomic E-state index is 0.0536. The molecular weight excluding hydrogens is 358 g/mol. The fourth-order valence-corrected chi connectivity index (χ4v) is 3.02. The minimum atomic E-state index is -0.842. The number of carbonyl (C=O) groups is 2. The van der Waals surface area contributed by atoms with Crippen molar-refractivity contribution in [2.75, 3.05) is 5.32 Å². The molecule has 1 aromatic heterocycles. The number of anilines is 1. The fourth-order valence-electron chi connectivity index (χ4n) is 3.02. The van der Waals surface area contributed by atoms with Gasteiger partial charge in [0.1, 0.15) is 11.9 Å². The molecule has 1 atom stereocenters. The Morgan fingerprint density at radius 3 is 2.54 bits per heavy atom. The number of carbonyl (C=O) groups excluding carboxylic acids is 2. The Bertz CT molecular complexity index is 1030. The lowest BCUT2D eigenvalue weighted by Crippen LogP contribution is -2.29. The number of cyclic esters (lactones) is 1. The van der Waals surface area contributed by atoms with E-state index >= 15 is 0 Å². The molecule has 28 heavy (non-hydrogen) atoms. The van der Waals surface area contributed by atoms with Gasteiger partial charge in [-0.05, 0) is 29.8 Å². The van der Waals surface area contributed by atoms with Crippen LogP contribution in [0.4, 0.5) is 5.69 Å². The third kappa shape index (κ3) is 3.50. The standard InChI is InChI=1S/C21H17N3O4/c25-17-12-18(14-4-2-1-3-5-14)28-21(27)19(17)20(26)23-15-6-8-16(9-7-15)24-11-10-22-13-24/h1-11,13,18,25H,12H2,(H,23,26). The molecule has 1 amide bonds. The maximum Gasteiger partial charge on any atom is 0.347 e. The average molecular weight is 375 g/mol. The summed E-state index contributed by atoms with van der Waals surface area (Å²) in [7, 11) is 0. The first kappa shape index (κ1) is 17.5. The summed E-state index contributed by atoms with van der Waals surface area (Å²) in [6.45, 7) is 0. The first-order chi connectivity index (χ1) is 13.6. The number of esters is 1. The highest BCUT2D eigenvalue weighted by Gasteiger charge is 2.34. The van der Waals surface area contributed by atoms with Crippen molar-refractivity contribution in [3.8, 4) is 5.69 Å². The van der Waals surface area contributed by atoms with Crippen LogP contribution in [0.15, 0.2) is 84.7 Å². The molecule has 0 saturated carbocycles. The van der Waals surface area contributed by atoms with Crippen LogP contribution in [-0.4, -0.2) is 26.5 Å². The highest BCUT2D eigenvalue weighted by atomic mass is 16.5. The number of nitrogens with one attached hydrogen (secondary N) is 1. The zero-order valence-corrected chi connectivity index (χ0v) is 14.8. The Balaban J connectivity index is 1.49. The van der Waals surface area contributed by atoms with E-state index in [0.29, 0.717) is 5.69 Å². The van der Waals surface area contributed by atoms with Crippen LogP contribution in [0.25, 0.3) is 5.69 Å². The zero-order chi connectivity index (χ0) is 19.5. The summed E-state index contributed by atoms with van der Waals surface area (Å²) >= 11 is 0. The van der Waals surface area contributed by atoms with Crippen LogP contribution in [-0.2, 0) is 14.3 Å². The van der Waals surface area contributed by atoms with E-state index in [1.54, 1.807) is 55.1 Å². The Morgan fingerprint density at radius 1 is 1.14 bits per heavy atom. The quantitative estimate of drug-likeness (QED) is 0.539. The maximum absolute atomic E-state index is 12.5. The van der Waals surface area contributed by atoms with E-state index < -0.39 is 18.0 Å². The summed E-state index contributed by atoms with van der Waals surface area (Å²) in [6, 6.07) is 16.1. The van der Waals surface area contributed by atoms with Crippen LogP contribution >= 0.6 is 0 Å². The Morgan fingerprint density at radius 2 is 1.89 bits per heavy atom. The van der Waals surface area contributed by atoms with Gasteiger partial charge in [-0.25, -0.2) is 9.78 Å². The normalized spacial score (nSPS) is 16.6. The summed E-state index contributed by atoms with van der Waals surface area (Å²) in [5.41, 5.74) is 1.76. The van der Waals surface area contributed by atoms with Gasteiger partial charge >= 0.3 is 5.97 Å². The second kappa shape index (κ2) is 7.40. The summed E-state index contributed by atoms with van der Waals surface area (Å²) in [5.74, 6) is -1.83. The second-order valence-electron chi connectivity index (χ2n) is 6.30. The number of aliphatic hydroxyl groups is 1. The Hall–Kier alpha value is -3.87. The van der Waals surface area contributed by atoms with Crippen molar-refractivity contribution >= 4 is 17.6 Å². The van der Waals surface area contributed by atoms with Crippen molar-refractivity contribution in [1.29, 1.82) is 0 Å². The Labute approximate surface area is 160 Å². The van der Waals surface area contributed by atoms with Crippen LogP contribution in [0, 0.1) is 0 Å². The lowest BCUT2D eigenvalue weighted by Gasteiger charge is -2.24. The van der Waals surface area contributed by atoms with Crippen molar-refractivity contribution < 1.29 is 19.4 Å². The third-order valence-electron chi connectivity index (χ3n) is 4.45. The van der Waals surface area contributed by atoms with Crippen molar-refractivity contribution in [3.63, 3.8) is 0 Å². The van der Waals surface area contributed by atoms with E-state index in [4.69, 9.17) is 4.74 Å². The number of imidazole rings is 1. The van der Waals surface area contributed by atoms with Crippen LogP contribution < -0.4 is 5.32 Å². The number of amides is 1. The van der Waals surface area contributed by atoms with Crippen LogP contribution in [0.3, 0.4) is 0 Å². The first-order valence-corrected chi connectivity index (χ1v) is 8.69. The topological polar surface area (TPSA) is 93.5 Å².